The summed E-state index contributed by atoms with van der Waals surface area (Å²) in [6.07, 6.45) is 1.37. The summed E-state index contributed by atoms with van der Waals surface area (Å²) in [7, 11) is 1.51. The lowest BCUT2D eigenvalue weighted by molar-refractivity contribution is -0.134. The summed E-state index contributed by atoms with van der Waals surface area (Å²) in [5.74, 6) is -0.555. The van der Waals surface area contributed by atoms with Crippen molar-refractivity contribution in [3.05, 3.63) is 27.0 Å². The lowest BCUT2D eigenvalue weighted by Crippen LogP contribution is -2.24. The van der Waals surface area contributed by atoms with Crippen LogP contribution in [0, 0.1) is 3.57 Å². The molecule has 7 heteroatoms. The van der Waals surface area contributed by atoms with Crippen LogP contribution in [-0.4, -0.2) is 30.7 Å². The van der Waals surface area contributed by atoms with Gasteiger partial charge in [-0.05, 0) is 53.3 Å². The average Bonchev–Trinajstić information content (AvgIpc) is 2.40. The normalized spacial score (nSPS) is 11.0. The van der Waals surface area contributed by atoms with Gasteiger partial charge in [-0.1, -0.05) is 0 Å². The van der Waals surface area contributed by atoms with Crippen LogP contribution in [0.5, 0.6) is 11.5 Å². The molecule has 0 unspecified atom stereocenters. The van der Waals surface area contributed by atoms with E-state index in [1.54, 1.807) is 12.1 Å². The second-order valence-electron chi connectivity index (χ2n) is 4.01. The highest BCUT2D eigenvalue weighted by molar-refractivity contribution is 14.1. The van der Waals surface area contributed by atoms with E-state index in [1.165, 1.54) is 20.1 Å². The first kappa shape index (κ1) is 17.3. The molecule has 0 aliphatic heterocycles. The van der Waals surface area contributed by atoms with Gasteiger partial charge in [0.1, 0.15) is 5.70 Å². The summed E-state index contributed by atoms with van der Waals surface area (Å²) in [5.41, 5.74) is 0.385. The van der Waals surface area contributed by atoms with E-state index in [2.05, 4.69) is 27.9 Å². The average molecular weight is 405 g/mol. The summed E-state index contributed by atoms with van der Waals surface area (Å²) in [4.78, 5) is 22.1. The van der Waals surface area contributed by atoms with Crippen LogP contribution in [0.25, 0.3) is 6.08 Å². The van der Waals surface area contributed by atoms with Gasteiger partial charge in [0.15, 0.2) is 11.5 Å². The predicted octanol–water partition coefficient (Wildman–Crippen LogP) is 2.26. The quantitative estimate of drug-likeness (QED) is 0.561. The van der Waals surface area contributed by atoms with Gasteiger partial charge in [0.2, 0.25) is 5.91 Å². The van der Waals surface area contributed by atoms with E-state index in [4.69, 9.17) is 14.6 Å². The Morgan fingerprint density at radius 3 is 2.57 bits per heavy atom. The van der Waals surface area contributed by atoms with E-state index in [-0.39, 0.29) is 5.70 Å². The highest BCUT2D eigenvalue weighted by Gasteiger charge is 2.13. The molecule has 0 aliphatic rings. The number of benzene rings is 1. The van der Waals surface area contributed by atoms with Crippen LogP contribution in [0.4, 0.5) is 0 Å². The van der Waals surface area contributed by atoms with E-state index < -0.39 is 11.9 Å². The number of carbonyl (C=O) groups excluding carboxylic acids is 1. The summed E-state index contributed by atoms with van der Waals surface area (Å²) < 4.78 is 11.5. The molecule has 0 bridgehead atoms. The fraction of sp³-hybridized carbons (Fsp3) is 0.286. The number of rotatable bonds is 6. The van der Waals surface area contributed by atoms with E-state index in [0.29, 0.717) is 23.7 Å². The number of carboxylic acid groups (broad SMARTS) is 1. The second kappa shape index (κ2) is 7.87. The molecule has 0 saturated heterocycles. The highest BCUT2D eigenvalue weighted by Crippen LogP contribution is 2.34. The smallest absolute Gasteiger partial charge is 0.352 e. The van der Waals surface area contributed by atoms with Crippen molar-refractivity contribution in [3.8, 4) is 11.5 Å². The van der Waals surface area contributed by atoms with E-state index >= 15 is 0 Å². The Balaban J connectivity index is 3.27. The van der Waals surface area contributed by atoms with Crippen LogP contribution in [0.2, 0.25) is 0 Å². The van der Waals surface area contributed by atoms with E-state index in [9.17, 15) is 9.59 Å². The number of hydrogen-bond donors (Lipinski definition) is 2. The first-order valence-corrected chi connectivity index (χ1v) is 7.19. The Morgan fingerprint density at radius 2 is 2.10 bits per heavy atom. The summed E-state index contributed by atoms with van der Waals surface area (Å²) in [6, 6.07) is 3.40. The first-order valence-electron chi connectivity index (χ1n) is 6.12. The molecule has 2 N–H and O–H groups in total. The van der Waals surface area contributed by atoms with Crippen LogP contribution >= 0.6 is 22.6 Å². The molecule has 0 aliphatic carbocycles. The molecule has 0 saturated carbocycles. The van der Waals surface area contributed by atoms with Gasteiger partial charge in [0, 0.05) is 6.92 Å². The van der Waals surface area contributed by atoms with Crippen molar-refractivity contribution >= 4 is 40.5 Å². The zero-order valence-electron chi connectivity index (χ0n) is 11.9. The maximum Gasteiger partial charge on any atom is 0.352 e. The number of carbonyl (C=O) groups is 2. The zero-order chi connectivity index (χ0) is 16.0. The van der Waals surface area contributed by atoms with Crippen LogP contribution in [0.3, 0.4) is 0 Å². The Hall–Kier alpha value is -1.77. The van der Waals surface area contributed by atoms with Gasteiger partial charge in [0.05, 0.1) is 17.3 Å². The van der Waals surface area contributed by atoms with Gasteiger partial charge in [0.25, 0.3) is 0 Å². The standard InChI is InChI=1S/C14H16INO5/c1-4-21-13-10(15)5-9(7-12(13)20-3)6-11(14(18)19)16-8(2)17/h5-7H,4H2,1-3H3,(H,16,17)(H,18,19). The number of methoxy groups -OCH3 is 1. The molecule has 1 amide bonds. The highest BCUT2D eigenvalue weighted by atomic mass is 127. The first-order chi connectivity index (χ1) is 9.88. The molecule has 1 aromatic rings. The fourth-order valence-corrected chi connectivity index (χ4v) is 2.40. The summed E-state index contributed by atoms with van der Waals surface area (Å²) >= 11 is 2.08. The van der Waals surface area contributed by atoms with Crippen molar-refractivity contribution in [1.29, 1.82) is 0 Å². The Kier molecular flexibility index (Phi) is 6.47. The number of amides is 1. The molecule has 0 aromatic heterocycles. The lowest BCUT2D eigenvalue weighted by atomic mass is 10.1. The van der Waals surface area contributed by atoms with Crippen molar-refractivity contribution in [2.75, 3.05) is 13.7 Å². The van der Waals surface area contributed by atoms with Crippen LogP contribution < -0.4 is 14.8 Å². The maximum atomic E-state index is 11.1. The van der Waals surface area contributed by atoms with Crippen LogP contribution in [0.1, 0.15) is 19.4 Å². The molecule has 1 rings (SSSR count). The molecule has 0 heterocycles. The minimum Gasteiger partial charge on any atom is -0.493 e. The molecule has 1 aromatic carbocycles. The molecule has 0 fully saturated rings. The Labute approximate surface area is 136 Å². The minimum absolute atomic E-state index is 0.204. The van der Waals surface area contributed by atoms with Crippen LogP contribution in [0.15, 0.2) is 17.8 Å². The molecular weight excluding hydrogens is 389 g/mol. The molecular formula is C14H16INO5. The van der Waals surface area contributed by atoms with Gasteiger partial charge in [-0.15, -0.1) is 0 Å². The third-order valence-corrected chi connectivity index (χ3v) is 3.19. The topological polar surface area (TPSA) is 84.9 Å². The van der Waals surface area contributed by atoms with Crippen molar-refractivity contribution in [3.63, 3.8) is 0 Å². The van der Waals surface area contributed by atoms with Gasteiger partial charge < -0.3 is 19.9 Å². The zero-order valence-corrected chi connectivity index (χ0v) is 14.1. The van der Waals surface area contributed by atoms with E-state index in [1.807, 2.05) is 6.92 Å². The third-order valence-electron chi connectivity index (χ3n) is 2.39. The fourth-order valence-electron chi connectivity index (χ4n) is 1.62. The predicted molar refractivity (Wildman–Crippen MR) is 86.3 cm³/mol. The summed E-state index contributed by atoms with van der Waals surface area (Å²) in [6.45, 7) is 3.61. The number of aliphatic carboxylic acids is 1. The summed E-state index contributed by atoms with van der Waals surface area (Å²) in [5, 5.41) is 11.3. The molecule has 0 atom stereocenters. The Bertz CT molecular complexity index is 583. The molecule has 0 radical (unpaired) electrons. The second-order valence-corrected chi connectivity index (χ2v) is 5.17. The number of ether oxygens (including phenoxy) is 2. The van der Waals surface area contributed by atoms with Crippen molar-refractivity contribution in [2.24, 2.45) is 0 Å². The number of nitrogens with one attached hydrogen (secondary N) is 1. The van der Waals surface area contributed by atoms with E-state index in [0.717, 1.165) is 3.57 Å². The van der Waals surface area contributed by atoms with Crippen molar-refractivity contribution < 1.29 is 24.2 Å². The number of hydrogen-bond acceptors (Lipinski definition) is 4. The third kappa shape index (κ3) is 4.92. The van der Waals surface area contributed by atoms with Crippen LogP contribution in [-0.2, 0) is 9.59 Å². The maximum absolute atomic E-state index is 11.1. The van der Waals surface area contributed by atoms with Crippen molar-refractivity contribution in [2.45, 2.75) is 13.8 Å². The molecule has 0 spiro atoms. The Morgan fingerprint density at radius 1 is 1.43 bits per heavy atom. The minimum atomic E-state index is -1.21. The molecule has 21 heavy (non-hydrogen) atoms. The van der Waals surface area contributed by atoms with Gasteiger partial charge >= 0.3 is 5.97 Å². The monoisotopic (exact) mass is 405 g/mol. The molecule has 114 valence electrons. The number of halogens is 1. The van der Waals surface area contributed by atoms with Gasteiger partial charge in [-0.2, -0.15) is 0 Å². The largest absolute Gasteiger partial charge is 0.493 e. The lowest BCUT2D eigenvalue weighted by Gasteiger charge is -2.12. The van der Waals surface area contributed by atoms with Gasteiger partial charge in [-0.25, -0.2) is 4.79 Å². The molecule has 6 nitrogen and oxygen atoms in total. The van der Waals surface area contributed by atoms with Gasteiger partial charge in [-0.3, -0.25) is 4.79 Å². The van der Waals surface area contributed by atoms with Crippen molar-refractivity contribution in [1.82, 2.24) is 5.32 Å². The number of carboxylic acids is 1. The SMILES string of the molecule is CCOc1c(I)cc(C=C(NC(C)=O)C(=O)O)cc1OC.